The summed E-state index contributed by atoms with van der Waals surface area (Å²) in [6, 6.07) is 6.60. The number of nitrogens with one attached hydrogen (secondary N) is 1. The summed E-state index contributed by atoms with van der Waals surface area (Å²) in [7, 11) is 1.58. The number of rotatable bonds is 4. The first-order valence-corrected chi connectivity index (χ1v) is 7.53. The fraction of sp³-hybridized carbons (Fsp3) is 0.333. The Morgan fingerprint density at radius 1 is 1.17 bits per heavy atom. The van der Waals surface area contributed by atoms with Gasteiger partial charge in [0.05, 0.1) is 10.6 Å². The van der Waals surface area contributed by atoms with Gasteiger partial charge < -0.3 is 15.1 Å². The molecule has 1 N–H and O–H groups in total. The Bertz CT molecular complexity index is 748. The van der Waals surface area contributed by atoms with Gasteiger partial charge in [0.25, 0.3) is 0 Å². The van der Waals surface area contributed by atoms with Crippen LogP contribution in [0.25, 0.3) is 0 Å². The molecule has 1 aromatic heterocycles. The predicted molar refractivity (Wildman–Crippen MR) is 89.1 cm³/mol. The predicted octanol–water partition coefficient (Wildman–Crippen LogP) is 1.89. The van der Waals surface area contributed by atoms with Gasteiger partial charge in [0.1, 0.15) is 12.1 Å². The molecule has 0 unspecified atom stereocenters. The summed E-state index contributed by atoms with van der Waals surface area (Å²) in [5.74, 6) is 0.200. The van der Waals surface area contributed by atoms with Crippen LogP contribution in [0.5, 0.6) is 0 Å². The van der Waals surface area contributed by atoms with Gasteiger partial charge >= 0.3 is 5.69 Å². The van der Waals surface area contributed by atoms with Crippen LogP contribution in [-0.2, 0) is 0 Å². The van der Waals surface area contributed by atoms with E-state index in [-0.39, 0.29) is 23.1 Å². The standard InChI is InChI=1S/C15H17FN6O2/c1-17-14-13(22(23)24)15(19-10-18-14)21-8-6-20(7-9-21)12-5-3-2-4-11(12)16/h2-5,10H,6-9H2,1H3,(H,17,18,19). The molecule has 0 radical (unpaired) electrons. The highest BCUT2D eigenvalue weighted by Gasteiger charge is 2.29. The first-order chi connectivity index (χ1) is 11.6. The molecule has 1 fully saturated rings. The summed E-state index contributed by atoms with van der Waals surface area (Å²) in [5.41, 5.74) is 0.407. The lowest BCUT2D eigenvalue weighted by Gasteiger charge is -2.36. The number of halogens is 1. The second-order valence-corrected chi connectivity index (χ2v) is 5.33. The van der Waals surface area contributed by atoms with E-state index in [1.54, 1.807) is 25.2 Å². The molecule has 1 aromatic carbocycles. The fourth-order valence-corrected chi connectivity index (χ4v) is 2.82. The molecule has 0 atom stereocenters. The molecule has 1 saturated heterocycles. The zero-order valence-corrected chi connectivity index (χ0v) is 13.1. The van der Waals surface area contributed by atoms with Crippen molar-refractivity contribution in [3.63, 3.8) is 0 Å². The number of para-hydroxylation sites is 1. The smallest absolute Gasteiger partial charge is 0.353 e. The van der Waals surface area contributed by atoms with Gasteiger partial charge in [-0.2, -0.15) is 0 Å². The number of hydrogen-bond acceptors (Lipinski definition) is 7. The van der Waals surface area contributed by atoms with E-state index in [1.807, 2.05) is 9.80 Å². The fourth-order valence-electron chi connectivity index (χ4n) is 2.82. The lowest BCUT2D eigenvalue weighted by molar-refractivity contribution is -0.383. The van der Waals surface area contributed by atoms with E-state index in [0.717, 1.165) is 0 Å². The lowest BCUT2D eigenvalue weighted by Crippen LogP contribution is -2.47. The van der Waals surface area contributed by atoms with Crippen molar-refractivity contribution >= 4 is 23.0 Å². The normalized spacial score (nSPS) is 14.6. The van der Waals surface area contributed by atoms with E-state index < -0.39 is 4.92 Å². The second-order valence-electron chi connectivity index (χ2n) is 5.33. The Morgan fingerprint density at radius 3 is 2.46 bits per heavy atom. The van der Waals surface area contributed by atoms with Crippen molar-refractivity contribution in [1.29, 1.82) is 0 Å². The summed E-state index contributed by atoms with van der Waals surface area (Å²) in [6.45, 7) is 2.12. The molecule has 0 saturated carbocycles. The maximum Gasteiger partial charge on any atom is 0.353 e. The number of anilines is 3. The molecule has 24 heavy (non-hydrogen) atoms. The molecule has 0 amide bonds. The highest BCUT2D eigenvalue weighted by Crippen LogP contribution is 2.32. The summed E-state index contributed by atoms with van der Waals surface area (Å²) in [4.78, 5) is 22.6. The highest BCUT2D eigenvalue weighted by atomic mass is 19.1. The van der Waals surface area contributed by atoms with Crippen molar-refractivity contribution in [2.75, 3.05) is 48.3 Å². The van der Waals surface area contributed by atoms with E-state index in [9.17, 15) is 14.5 Å². The molecule has 1 aliphatic rings. The van der Waals surface area contributed by atoms with Crippen molar-refractivity contribution in [1.82, 2.24) is 9.97 Å². The Balaban J connectivity index is 1.81. The van der Waals surface area contributed by atoms with Gasteiger partial charge in [-0.3, -0.25) is 10.1 Å². The second kappa shape index (κ2) is 6.65. The molecule has 2 aromatic rings. The van der Waals surface area contributed by atoms with E-state index in [0.29, 0.717) is 31.9 Å². The van der Waals surface area contributed by atoms with Crippen LogP contribution in [0.3, 0.4) is 0 Å². The average Bonchev–Trinajstić information content (AvgIpc) is 2.61. The van der Waals surface area contributed by atoms with Gasteiger partial charge in [-0.15, -0.1) is 0 Å². The Labute approximate surface area is 138 Å². The minimum Gasteiger partial charge on any atom is -0.367 e. The van der Waals surface area contributed by atoms with Crippen LogP contribution in [0.4, 0.5) is 27.4 Å². The minimum atomic E-state index is -0.482. The van der Waals surface area contributed by atoms with Gasteiger partial charge in [0.15, 0.2) is 0 Å². The summed E-state index contributed by atoms with van der Waals surface area (Å²) in [6.07, 6.45) is 1.30. The zero-order chi connectivity index (χ0) is 17.1. The van der Waals surface area contributed by atoms with Gasteiger partial charge in [-0.25, -0.2) is 14.4 Å². The van der Waals surface area contributed by atoms with Crippen molar-refractivity contribution in [3.05, 3.63) is 46.5 Å². The third kappa shape index (κ3) is 2.92. The maximum atomic E-state index is 13.9. The van der Waals surface area contributed by atoms with Crippen LogP contribution in [0.15, 0.2) is 30.6 Å². The lowest BCUT2D eigenvalue weighted by atomic mass is 10.2. The van der Waals surface area contributed by atoms with E-state index in [2.05, 4.69) is 15.3 Å². The van der Waals surface area contributed by atoms with E-state index in [1.165, 1.54) is 12.4 Å². The molecular formula is C15H17FN6O2. The first-order valence-electron chi connectivity index (χ1n) is 7.53. The molecular weight excluding hydrogens is 315 g/mol. The molecule has 1 aliphatic heterocycles. The minimum absolute atomic E-state index is 0.139. The number of nitrogens with zero attached hydrogens (tertiary/aromatic N) is 5. The Hall–Kier alpha value is -2.97. The molecule has 126 valence electrons. The van der Waals surface area contributed by atoms with Gasteiger partial charge in [-0.1, -0.05) is 12.1 Å². The number of hydrogen-bond donors (Lipinski definition) is 1. The molecule has 3 rings (SSSR count). The maximum absolute atomic E-state index is 13.9. The number of aromatic nitrogens is 2. The summed E-state index contributed by atoms with van der Waals surface area (Å²) >= 11 is 0. The van der Waals surface area contributed by atoms with Gasteiger partial charge in [0.2, 0.25) is 11.6 Å². The molecule has 9 heteroatoms. The van der Waals surface area contributed by atoms with Crippen LogP contribution in [0.1, 0.15) is 0 Å². The monoisotopic (exact) mass is 332 g/mol. The largest absolute Gasteiger partial charge is 0.367 e. The van der Waals surface area contributed by atoms with Crippen molar-refractivity contribution < 1.29 is 9.31 Å². The Morgan fingerprint density at radius 2 is 1.83 bits per heavy atom. The zero-order valence-electron chi connectivity index (χ0n) is 13.1. The van der Waals surface area contributed by atoms with Crippen molar-refractivity contribution in [3.8, 4) is 0 Å². The third-order valence-electron chi connectivity index (χ3n) is 3.99. The average molecular weight is 332 g/mol. The van der Waals surface area contributed by atoms with Crippen LogP contribution >= 0.6 is 0 Å². The van der Waals surface area contributed by atoms with Gasteiger partial charge in [-0.05, 0) is 12.1 Å². The van der Waals surface area contributed by atoms with Crippen molar-refractivity contribution in [2.24, 2.45) is 0 Å². The van der Waals surface area contributed by atoms with E-state index in [4.69, 9.17) is 0 Å². The quantitative estimate of drug-likeness (QED) is 0.676. The van der Waals surface area contributed by atoms with Gasteiger partial charge in [0, 0.05) is 33.2 Å². The molecule has 0 aliphatic carbocycles. The van der Waals surface area contributed by atoms with Crippen LogP contribution in [0, 0.1) is 15.9 Å². The summed E-state index contributed by atoms with van der Waals surface area (Å²) < 4.78 is 13.9. The molecule has 0 bridgehead atoms. The highest BCUT2D eigenvalue weighted by molar-refractivity contribution is 5.70. The first kappa shape index (κ1) is 15.9. The van der Waals surface area contributed by atoms with Crippen molar-refractivity contribution in [2.45, 2.75) is 0 Å². The summed E-state index contributed by atoms with van der Waals surface area (Å²) in [5, 5.41) is 14.1. The number of nitro groups is 1. The Kier molecular flexibility index (Phi) is 4.41. The number of piperazine rings is 1. The molecule has 8 nitrogen and oxygen atoms in total. The topological polar surface area (TPSA) is 87.4 Å². The number of benzene rings is 1. The molecule has 2 heterocycles. The third-order valence-corrected chi connectivity index (χ3v) is 3.99. The molecule has 0 spiro atoms. The van der Waals surface area contributed by atoms with Crippen LogP contribution < -0.4 is 15.1 Å². The SMILES string of the molecule is CNc1ncnc(N2CCN(c3ccccc3F)CC2)c1[N+](=O)[O-]. The van der Waals surface area contributed by atoms with E-state index >= 15 is 0 Å². The van der Waals surface area contributed by atoms with Crippen LogP contribution in [-0.4, -0.2) is 48.1 Å². The van der Waals surface area contributed by atoms with Crippen LogP contribution in [0.2, 0.25) is 0 Å².